The smallest absolute Gasteiger partial charge is 0.237 e. The van der Waals surface area contributed by atoms with Crippen LogP contribution in [0.3, 0.4) is 0 Å². The van der Waals surface area contributed by atoms with Crippen molar-refractivity contribution in [1.82, 2.24) is 20.2 Å². The number of thioether (sulfide) groups is 1. The highest BCUT2D eigenvalue weighted by molar-refractivity contribution is 8.00. The maximum Gasteiger partial charge on any atom is 0.237 e. The number of rotatable bonds is 5. The zero-order valence-corrected chi connectivity index (χ0v) is 17.0. The van der Waals surface area contributed by atoms with Crippen molar-refractivity contribution in [2.45, 2.75) is 45.0 Å². The molecule has 7 heteroatoms. The van der Waals surface area contributed by atoms with E-state index in [-0.39, 0.29) is 11.2 Å². The summed E-state index contributed by atoms with van der Waals surface area (Å²) in [4.78, 5) is 12.6. The van der Waals surface area contributed by atoms with Crippen LogP contribution in [0.2, 0.25) is 0 Å². The molecule has 1 amide bonds. The number of nitrogens with zero attached hydrogens (tertiary/aromatic N) is 4. The highest BCUT2D eigenvalue weighted by atomic mass is 32.2. The van der Waals surface area contributed by atoms with Crippen LogP contribution in [0, 0.1) is 27.7 Å². The molecule has 0 saturated carbocycles. The summed E-state index contributed by atoms with van der Waals surface area (Å²) in [6, 6.07) is 12.1. The summed E-state index contributed by atoms with van der Waals surface area (Å²) in [5, 5.41) is 15.3. The summed E-state index contributed by atoms with van der Waals surface area (Å²) < 4.78 is 1.69. The first-order valence-electron chi connectivity index (χ1n) is 8.76. The molecule has 0 spiro atoms. The van der Waals surface area contributed by atoms with Crippen molar-refractivity contribution in [3.05, 3.63) is 58.7 Å². The predicted octanol–water partition coefficient (Wildman–Crippen LogP) is 4.02. The number of hydrogen-bond donors (Lipinski definition) is 1. The van der Waals surface area contributed by atoms with E-state index >= 15 is 0 Å². The number of aryl methyl sites for hydroxylation is 4. The van der Waals surface area contributed by atoms with Gasteiger partial charge >= 0.3 is 0 Å². The Hall–Kier alpha value is -2.67. The number of hydrogen-bond acceptors (Lipinski definition) is 5. The van der Waals surface area contributed by atoms with Crippen molar-refractivity contribution in [2.24, 2.45) is 0 Å². The summed E-state index contributed by atoms with van der Waals surface area (Å²) in [6.45, 7) is 9.92. The van der Waals surface area contributed by atoms with E-state index in [4.69, 9.17) is 0 Å². The SMILES string of the molecule is Cc1ccc(NC(=O)[C@@H](C)Sc2nnnn2-c2cc(C)ccc2C)c(C)c1. The number of amides is 1. The van der Waals surface area contributed by atoms with Gasteiger partial charge in [-0.3, -0.25) is 4.79 Å². The topological polar surface area (TPSA) is 72.7 Å². The number of nitrogens with one attached hydrogen (secondary N) is 1. The Balaban J connectivity index is 1.77. The molecule has 3 rings (SSSR count). The molecular weight excluding hydrogens is 358 g/mol. The summed E-state index contributed by atoms with van der Waals surface area (Å²) >= 11 is 1.34. The summed E-state index contributed by atoms with van der Waals surface area (Å²) in [6.07, 6.45) is 0. The molecule has 0 aliphatic carbocycles. The molecule has 140 valence electrons. The standard InChI is InChI=1S/C20H23N5OS/c1-12-7-9-17(15(4)10-12)21-19(26)16(5)27-20-22-23-24-25(20)18-11-13(2)6-8-14(18)3/h6-11,16H,1-5H3,(H,21,26)/t16-/m1/s1. The fraction of sp³-hybridized carbons (Fsp3) is 0.300. The minimum absolute atomic E-state index is 0.0810. The van der Waals surface area contributed by atoms with Crippen molar-refractivity contribution < 1.29 is 4.79 Å². The van der Waals surface area contributed by atoms with Gasteiger partial charge in [-0.1, -0.05) is 41.6 Å². The van der Waals surface area contributed by atoms with Gasteiger partial charge in [0.05, 0.1) is 10.9 Å². The summed E-state index contributed by atoms with van der Waals surface area (Å²) in [7, 11) is 0. The van der Waals surface area contributed by atoms with Gasteiger partial charge in [-0.05, 0) is 73.9 Å². The molecule has 0 aliphatic heterocycles. The van der Waals surface area contributed by atoms with Crippen LogP contribution in [-0.2, 0) is 4.79 Å². The van der Waals surface area contributed by atoms with Crippen LogP contribution in [0.15, 0.2) is 41.6 Å². The van der Waals surface area contributed by atoms with Gasteiger partial charge in [-0.2, -0.15) is 4.68 Å². The normalized spacial score (nSPS) is 12.0. The first kappa shape index (κ1) is 19.1. The number of carbonyl (C=O) groups excluding carboxylic acids is 1. The first-order valence-corrected chi connectivity index (χ1v) is 9.64. The van der Waals surface area contributed by atoms with E-state index in [0.29, 0.717) is 5.16 Å². The first-order chi connectivity index (χ1) is 12.8. The van der Waals surface area contributed by atoms with Crippen molar-refractivity contribution in [2.75, 3.05) is 5.32 Å². The third-order valence-electron chi connectivity index (χ3n) is 4.32. The molecule has 0 fully saturated rings. The number of benzene rings is 2. The summed E-state index contributed by atoms with van der Waals surface area (Å²) in [5.74, 6) is -0.0810. The molecular formula is C20H23N5OS. The van der Waals surface area contributed by atoms with Gasteiger partial charge in [0.15, 0.2) is 0 Å². The second-order valence-electron chi connectivity index (χ2n) is 6.73. The average Bonchev–Trinajstić information content (AvgIpc) is 3.07. The number of anilines is 1. The molecule has 3 aromatic rings. The van der Waals surface area contributed by atoms with E-state index < -0.39 is 0 Å². The lowest BCUT2D eigenvalue weighted by molar-refractivity contribution is -0.115. The van der Waals surface area contributed by atoms with E-state index in [2.05, 4.69) is 33.0 Å². The third-order valence-corrected chi connectivity index (χ3v) is 5.36. The average molecular weight is 382 g/mol. The minimum atomic E-state index is -0.347. The summed E-state index contributed by atoms with van der Waals surface area (Å²) in [5.41, 5.74) is 6.16. The molecule has 2 aromatic carbocycles. The Morgan fingerprint density at radius 1 is 1.04 bits per heavy atom. The van der Waals surface area contributed by atoms with Crippen molar-refractivity contribution in [3.8, 4) is 5.69 Å². The fourth-order valence-electron chi connectivity index (χ4n) is 2.75. The highest BCUT2D eigenvalue weighted by Gasteiger charge is 2.20. The molecule has 1 atom stereocenters. The fourth-order valence-corrected chi connectivity index (χ4v) is 3.55. The monoisotopic (exact) mass is 381 g/mol. The Kier molecular flexibility index (Phi) is 5.60. The van der Waals surface area contributed by atoms with Crippen molar-refractivity contribution in [3.63, 3.8) is 0 Å². The lowest BCUT2D eigenvalue weighted by atomic mass is 10.1. The molecule has 6 nitrogen and oxygen atoms in total. The van der Waals surface area contributed by atoms with E-state index in [0.717, 1.165) is 28.1 Å². The van der Waals surface area contributed by atoms with Gasteiger partial charge < -0.3 is 5.32 Å². The molecule has 0 bridgehead atoms. The van der Waals surface area contributed by atoms with E-state index in [1.807, 2.05) is 58.9 Å². The van der Waals surface area contributed by atoms with Crippen molar-refractivity contribution >= 4 is 23.4 Å². The maximum absolute atomic E-state index is 12.6. The Morgan fingerprint density at radius 3 is 2.48 bits per heavy atom. The molecule has 0 saturated heterocycles. The number of tetrazole rings is 1. The van der Waals surface area contributed by atoms with Crippen LogP contribution in [0.1, 0.15) is 29.2 Å². The molecule has 27 heavy (non-hydrogen) atoms. The number of aromatic nitrogens is 4. The van der Waals surface area contributed by atoms with Crippen LogP contribution in [0.5, 0.6) is 0 Å². The minimum Gasteiger partial charge on any atom is -0.325 e. The second-order valence-corrected chi connectivity index (χ2v) is 8.04. The number of carbonyl (C=O) groups is 1. The van der Waals surface area contributed by atoms with Gasteiger partial charge in [0.1, 0.15) is 0 Å². The third kappa shape index (κ3) is 4.36. The second kappa shape index (κ2) is 7.92. The van der Waals surface area contributed by atoms with E-state index in [9.17, 15) is 4.79 Å². The van der Waals surface area contributed by atoms with Gasteiger partial charge in [-0.25, -0.2) is 0 Å². The van der Waals surface area contributed by atoms with Crippen LogP contribution < -0.4 is 5.32 Å². The zero-order valence-electron chi connectivity index (χ0n) is 16.1. The Labute approximate surface area is 163 Å². The molecule has 0 radical (unpaired) electrons. The van der Waals surface area contributed by atoms with E-state index in [1.54, 1.807) is 4.68 Å². The molecule has 1 aromatic heterocycles. The van der Waals surface area contributed by atoms with E-state index in [1.165, 1.54) is 17.3 Å². The van der Waals surface area contributed by atoms with Gasteiger partial charge in [0.25, 0.3) is 0 Å². The predicted molar refractivity (Wildman–Crippen MR) is 108 cm³/mol. The molecule has 0 unspecified atom stereocenters. The van der Waals surface area contributed by atoms with Gasteiger partial charge in [-0.15, -0.1) is 5.10 Å². The Morgan fingerprint density at radius 2 is 1.74 bits per heavy atom. The van der Waals surface area contributed by atoms with Gasteiger partial charge in [0.2, 0.25) is 11.1 Å². The largest absolute Gasteiger partial charge is 0.325 e. The maximum atomic E-state index is 12.6. The molecule has 0 aliphatic rings. The van der Waals surface area contributed by atoms with Crippen LogP contribution >= 0.6 is 11.8 Å². The van der Waals surface area contributed by atoms with Crippen LogP contribution in [0.4, 0.5) is 5.69 Å². The van der Waals surface area contributed by atoms with Crippen LogP contribution in [-0.4, -0.2) is 31.4 Å². The zero-order chi connectivity index (χ0) is 19.6. The highest BCUT2D eigenvalue weighted by Crippen LogP contribution is 2.26. The quantitative estimate of drug-likeness (QED) is 0.676. The molecule has 1 N–H and O–H groups in total. The van der Waals surface area contributed by atoms with Crippen molar-refractivity contribution in [1.29, 1.82) is 0 Å². The lowest BCUT2D eigenvalue weighted by Gasteiger charge is -2.14. The van der Waals surface area contributed by atoms with Gasteiger partial charge in [0, 0.05) is 5.69 Å². The Bertz CT molecular complexity index is 982. The van der Waals surface area contributed by atoms with Crippen LogP contribution in [0.25, 0.3) is 5.69 Å². The molecule has 1 heterocycles. The lowest BCUT2D eigenvalue weighted by Crippen LogP contribution is -2.23.